The van der Waals surface area contributed by atoms with Crippen molar-refractivity contribution < 1.29 is 27.2 Å². The molecule has 0 aromatic carbocycles. The zero-order valence-corrected chi connectivity index (χ0v) is 4.33. The monoisotopic (exact) mass is 156 g/mol. The van der Waals surface area contributed by atoms with Gasteiger partial charge in [0.15, 0.2) is 0 Å². The Kier molecular flexibility index (Phi) is 2.72. The lowest BCUT2D eigenvalue weighted by atomic mass is 10.4. The van der Waals surface area contributed by atoms with E-state index in [9.17, 15) is 27.2 Å². The summed E-state index contributed by atoms with van der Waals surface area (Å²) in [4.78, 5) is 18.5. The maximum atomic E-state index is 11.5. The minimum absolute atomic E-state index is 2.65. The first-order valence-electron chi connectivity index (χ1n) is 1.91. The zero-order valence-electron chi connectivity index (χ0n) is 4.33. The lowest BCUT2D eigenvalue weighted by Gasteiger charge is -1.84. The second kappa shape index (κ2) is 3.09. The summed E-state index contributed by atoms with van der Waals surface area (Å²) in [7, 11) is 0. The first-order chi connectivity index (χ1) is 4.46. The summed E-state index contributed by atoms with van der Waals surface area (Å²) in [6.07, 6.45) is 0. The van der Waals surface area contributed by atoms with Crippen LogP contribution in [0.25, 0.3) is 0 Å². The molecular weight excluding hydrogens is 156 g/mol. The first-order valence-corrected chi connectivity index (χ1v) is 1.91. The van der Waals surface area contributed by atoms with Crippen LogP contribution in [0.2, 0.25) is 0 Å². The molecule has 0 bridgehead atoms. The molecule has 0 N–H and O–H groups in total. The summed E-state index contributed by atoms with van der Waals surface area (Å²) >= 11 is 0. The summed E-state index contributed by atoms with van der Waals surface area (Å²) in [6, 6.07) is -5.63. The minimum Gasteiger partial charge on any atom is -0.252 e. The predicted octanol–water partition coefficient (Wildman–Crippen LogP) is 1.13. The van der Waals surface area contributed by atoms with Gasteiger partial charge < -0.3 is 0 Å². The summed E-state index contributed by atoms with van der Waals surface area (Å²) in [5.74, 6) is -5.29. The van der Waals surface area contributed by atoms with E-state index in [1.54, 1.807) is 0 Å². The third-order valence-electron chi connectivity index (χ3n) is 0.538. The van der Waals surface area contributed by atoms with Crippen LogP contribution in [-0.2, 0) is 9.59 Å². The van der Waals surface area contributed by atoms with Crippen molar-refractivity contribution >= 4 is 12.1 Å². The van der Waals surface area contributed by atoms with Gasteiger partial charge in [0.2, 0.25) is 11.7 Å². The first kappa shape index (κ1) is 8.80. The molecule has 0 amide bonds. The molecule has 0 saturated carbocycles. The van der Waals surface area contributed by atoms with Crippen LogP contribution in [0.4, 0.5) is 17.6 Å². The number of carbonyl (C=O) groups is 2. The van der Waals surface area contributed by atoms with Crippen LogP contribution >= 0.6 is 0 Å². The summed E-state index contributed by atoms with van der Waals surface area (Å²) in [5, 5.41) is 0. The fraction of sp³-hybridized carbons (Fsp3) is 0. The maximum Gasteiger partial charge on any atom is 0.363 e. The molecule has 0 spiro atoms. The molecule has 0 saturated heterocycles. The van der Waals surface area contributed by atoms with Crippen molar-refractivity contribution in [1.82, 2.24) is 0 Å². The second-order valence-electron chi connectivity index (χ2n) is 1.18. The Morgan fingerprint density at radius 3 is 1.00 bits per heavy atom. The van der Waals surface area contributed by atoms with Crippen molar-refractivity contribution in [3.05, 3.63) is 11.7 Å². The Labute approximate surface area is 52.1 Å². The van der Waals surface area contributed by atoms with Crippen LogP contribution in [0.15, 0.2) is 11.7 Å². The van der Waals surface area contributed by atoms with Gasteiger partial charge in [-0.2, -0.15) is 17.6 Å². The van der Waals surface area contributed by atoms with E-state index in [4.69, 9.17) is 0 Å². The van der Waals surface area contributed by atoms with Crippen molar-refractivity contribution in [1.29, 1.82) is 0 Å². The van der Waals surface area contributed by atoms with Crippen LogP contribution in [0.1, 0.15) is 0 Å². The molecule has 0 heterocycles. The van der Waals surface area contributed by atoms with Gasteiger partial charge >= 0.3 is 12.1 Å². The van der Waals surface area contributed by atoms with E-state index in [1.807, 2.05) is 0 Å². The number of hydrogen-bond acceptors (Lipinski definition) is 2. The molecule has 0 aromatic heterocycles. The standard InChI is InChI=1S/C4F4O2/c5-1(3(7)9)2(6)4(8)10/b2-1+. The number of hydrogen-bond donors (Lipinski definition) is 0. The van der Waals surface area contributed by atoms with E-state index < -0.39 is 23.7 Å². The van der Waals surface area contributed by atoms with Crippen LogP contribution < -0.4 is 0 Å². The largest absolute Gasteiger partial charge is 0.363 e. The Morgan fingerprint density at radius 2 is 0.900 bits per heavy atom. The van der Waals surface area contributed by atoms with E-state index in [-0.39, 0.29) is 0 Å². The molecule has 56 valence electrons. The Balaban J connectivity index is 4.67. The van der Waals surface area contributed by atoms with Crippen molar-refractivity contribution in [2.24, 2.45) is 0 Å². The van der Waals surface area contributed by atoms with Gasteiger partial charge in [-0.3, -0.25) is 9.59 Å². The molecule has 0 atom stereocenters. The highest BCUT2D eigenvalue weighted by Crippen LogP contribution is 2.10. The zero-order chi connectivity index (χ0) is 8.31. The topological polar surface area (TPSA) is 34.1 Å². The average Bonchev–Trinajstić information content (AvgIpc) is 1.84. The summed E-state index contributed by atoms with van der Waals surface area (Å²) in [6.45, 7) is 0. The molecule has 2 nitrogen and oxygen atoms in total. The Bertz CT molecular complexity index is 185. The molecule has 10 heavy (non-hydrogen) atoms. The summed E-state index contributed by atoms with van der Waals surface area (Å²) in [5.41, 5.74) is 0. The SMILES string of the molecule is O=C(F)/C(F)=C(\F)C(=O)F. The molecule has 6 heteroatoms. The number of rotatable bonds is 2. The van der Waals surface area contributed by atoms with Crippen LogP contribution in [0.5, 0.6) is 0 Å². The van der Waals surface area contributed by atoms with Crippen molar-refractivity contribution in [2.75, 3.05) is 0 Å². The predicted molar refractivity (Wildman–Crippen MR) is 21.5 cm³/mol. The normalized spacial score (nSPS) is 12.4. The molecule has 0 aliphatic rings. The molecule has 0 unspecified atom stereocenters. The van der Waals surface area contributed by atoms with Crippen LogP contribution in [-0.4, -0.2) is 12.1 Å². The molecule has 0 rings (SSSR count). The van der Waals surface area contributed by atoms with Crippen molar-refractivity contribution in [3.8, 4) is 0 Å². The van der Waals surface area contributed by atoms with Gasteiger partial charge in [-0.25, -0.2) is 0 Å². The van der Waals surface area contributed by atoms with Gasteiger partial charge in [0, 0.05) is 0 Å². The maximum absolute atomic E-state index is 11.5. The van der Waals surface area contributed by atoms with E-state index in [2.05, 4.69) is 0 Å². The highest BCUT2D eigenvalue weighted by molar-refractivity contribution is 5.96. The van der Waals surface area contributed by atoms with Crippen molar-refractivity contribution in [3.63, 3.8) is 0 Å². The Morgan fingerprint density at radius 1 is 0.700 bits per heavy atom. The van der Waals surface area contributed by atoms with E-state index >= 15 is 0 Å². The van der Waals surface area contributed by atoms with E-state index in [0.29, 0.717) is 0 Å². The van der Waals surface area contributed by atoms with Gasteiger partial charge in [-0.15, -0.1) is 0 Å². The lowest BCUT2D eigenvalue weighted by molar-refractivity contribution is -0.130. The molecule has 0 fully saturated rings. The van der Waals surface area contributed by atoms with Crippen LogP contribution in [0.3, 0.4) is 0 Å². The highest BCUT2D eigenvalue weighted by atomic mass is 19.2. The molecule has 0 aromatic rings. The minimum atomic E-state index is -2.82. The van der Waals surface area contributed by atoms with Gasteiger partial charge in [0.25, 0.3) is 0 Å². The fourth-order valence-electron chi connectivity index (χ4n) is 0.173. The number of allylic oxidation sites excluding steroid dienone is 2. The van der Waals surface area contributed by atoms with E-state index in [0.717, 1.165) is 0 Å². The molecule has 0 radical (unpaired) electrons. The smallest absolute Gasteiger partial charge is 0.252 e. The third-order valence-corrected chi connectivity index (χ3v) is 0.538. The molecule has 0 aliphatic heterocycles. The third kappa shape index (κ3) is 1.96. The molecular formula is C4F4O2. The van der Waals surface area contributed by atoms with Gasteiger partial charge in [-0.1, -0.05) is 0 Å². The average molecular weight is 156 g/mol. The second-order valence-corrected chi connectivity index (χ2v) is 1.18. The van der Waals surface area contributed by atoms with Crippen LogP contribution in [0, 0.1) is 0 Å². The lowest BCUT2D eigenvalue weighted by Crippen LogP contribution is -1.97. The van der Waals surface area contributed by atoms with E-state index in [1.165, 1.54) is 0 Å². The van der Waals surface area contributed by atoms with Gasteiger partial charge in [0.1, 0.15) is 0 Å². The summed E-state index contributed by atoms with van der Waals surface area (Å²) < 4.78 is 45.1. The molecule has 0 aliphatic carbocycles. The quantitative estimate of drug-likeness (QED) is 0.341. The van der Waals surface area contributed by atoms with Gasteiger partial charge in [0.05, 0.1) is 0 Å². The van der Waals surface area contributed by atoms with Crippen molar-refractivity contribution in [2.45, 2.75) is 0 Å². The number of halogens is 4. The Hall–Kier alpha value is -1.20. The fourth-order valence-corrected chi connectivity index (χ4v) is 0.173. The number of carbonyl (C=O) groups excluding carboxylic acids is 2. The highest BCUT2D eigenvalue weighted by Gasteiger charge is 2.20. The van der Waals surface area contributed by atoms with Gasteiger partial charge in [-0.05, 0) is 0 Å².